The molecule has 2 rings (SSSR count). The number of ether oxygens (including phenoxy) is 2. The Morgan fingerprint density at radius 1 is 1.30 bits per heavy atom. The third-order valence-corrected chi connectivity index (χ3v) is 3.85. The summed E-state index contributed by atoms with van der Waals surface area (Å²) in [5, 5.41) is 10.2. The predicted molar refractivity (Wildman–Crippen MR) is 88.5 cm³/mol. The molecule has 0 radical (unpaired) electrons. The maximum Gasteiger partial charge on any atom is 0.410 e. The molecule has 128 valence electrons. The van der Waals surface area contributed by atoms with Gasteiger partial charge >= 0.3 is 6.09 Å². The van der Waals surface area contributed by atoms with Crippen LogP contribution < -0.4 is 4.74 Å². The van der Waals surface area contributed by atoms with E-state index in [1.165, 1.54) is 0 Å². The number of carbonyl (C=O) groups is 1. The van der Waals surface area contributed by atoms with Crippen LogP contribution in [0.1, 0.15) is 33.6 Å². The molecule has 0 spiro atoms. The van der Waals surface area contributed by atoms with Gasteiger partial charge in [-0.1, -0.05) is 18.2 Å². The van der Waals surface area contributed by atoms with Crippen molar-refractivity contribution >= 4 is 6.09 Å². The number of aliphatic hydroxyl groups is 1. The molecule has 0 bridgehead atoms. The Morgan fingerprint density at radius 2 is 2.00 bits per heavy atom. The monoisotopic (exact) mass is 321 g/mol. The summed E-state index contributed by atoms with van der Waals surface area (Å²) in [6, 6.07) is 9.61. The average Bonchev–Trinajstić information content (AvgIpc) is 2.48. The molecule has 23 heavy (non-hydrogen) atoms. The van der Waals surface area contributed by atoms with Crippen molar-refractivity contribution in [2.75, 3.05) is 19.7 Å². The number of rotatable bonds is 4. The first-order chi connectivity index (χ1) is 10.8. The number of carbonyl (C=O) groups excluding carboxylic acids is 1. The van der Waals surface area contributed by atoms with Gasteiger partial charge in [-0.15, -0.1) is 0 Å². The van der Waals surface area contributed by atoms with Crippen LogP contribution in [0.25, 0.3) is 0 Å². The fourth-order valence-electron chi connectivity index (χ4n) is 2.64. The molecule has 1 fully saturated rings. The Bertz CT molecular complexity index is 497. The normalized spacial score (nSPS) is 21.8. The van der Waals surface area contributed by atoms with Gasteiger partial charge in [0.1, 0.15) is 11.4 Å². The summed E-state index contributed by atoms with van der Waals surface area (Å²) in [6.07, 6.45) is 0.580. The van der Waals surface area contributed by atoms with Crippen LogP contribution >= 0.6 is 0 Å². The van der Waals surface area contributed by atoms with Crippen LogP contribution in [0.2, 0.25) is 0 Å². The van der Waals surface area contributed by atoms with Crippen LogP contribution in [-0.2, 0) is 4.74 Å². The maximum atomic E-state index is 12.2. The van der Waals surface area contributed by atoms with Crippen LogP contribution in [0.3, 0.4) is 0 Å². The lowest BCUT2D eigenvalue weighted by atomic mass is 9.92. The van der Waals surface area contributed by atoms with E-state index in [1.807, 2.05) is 51.1 Å². The molecule has 1 N–H and O–H groups in total. The number of hydrogen-bond donors (Lipinski definition) is 1. The van der Waals surface area contributed by atoms with Gasteiger partial charge in [0.15, 0.2) is 0 Å². The highest BCUT2D eigenvalue weighted by Gasteiger charge is 2.32. The lowest BCUT2D eigenvalue weighted by Gasteiger charge is -2.36. The van der Waals surface area contributed by atoms with Crippen molar-refractivity contribution in [1.82, 2.24) is 4.90 Å². The first-order valence-electron chi connectivity index (χ1n) is 8.19. The number of piperidine rings is 1. The molecule has 5 nitrogen and oxygen atoms in total. The van der Waals surface area contributed by atoms with Gasteiger partial charge in [0.25, 0.3) is 0 Å². The number of benzene rings is 1. The van der Waals surface area contributed by atoms with Gasteiger partial charge in [-0.2, -0.15) is 0 Å². The Balaban J connectivity index is 1.82. The molecule has 1 aliphatic rings. The Hall–Kier alpha value is -1.75. The fourth-order valence-corrected chi connectivity index (χ4v) is 2.64. The van der Waals surface area contributed by atoms with E-state index >= 15 is 0 Å². The second-order valence-electron chi connectivity index (χ2n) is 6.99. The van der Waals surface area contributed by atoms with Crippen molar-refractivity contribution in [3.63, 3.8) is 0 Å². The molecule has 1 heterocycles. The SMILES string of the molecule is CC(C)(C)OC(=O)N1CCC(O)C(CCOc2ccccc2)C1. The summed E-state index contributed by atoms with van der Waals surface area (Å²) in [6.45, 7) is 7.13. The first kappa shape index (κ1) is 17.6. The number of hydrogen-bond acceptors (Lipinski definition) is 4. The van der Waals surface area contributed by atoms with Gasteiger partial charge in [-0.25, -0.2) is 4.79 Å². The zero-order valence-corrected chi connectivity index (χ0v) is 14.2. The maximum absolute atomic E-state index is 12.2. The van der Waals surface area contributed by atoms with E-state index in [0.717, 1.165) is 5.75 Å². The number of para-hydroxylation sites is 1. The summed E-state index contributed by atoms with van der Waals surface area (Å²) in [5.74, 6) is 0.835. The van der Waals surface area contributed by atoms with E-state index in [-0.39, 0.29) is 12.0 Å². The van der Waals surface area contributed by atoms with Gasteiger partial charge in [0, 0.05) is 19.0 Å². The quantitative estimate of drug-likeness (QED) is 0.926. The molecule has 1 aromatic carbocycles. The summed E-state index contributed by atoms with van der Waals surface area (Å²) < 4.78 is 11.1. The number of amides is 1. The molecule has 1 aliphatic heterocycles. The minimum absolute atomic E-state index is 0.0139. The number of nitrogens with zero attached hydrogens (tertiary/aromatic N) is 1. The Morgan fingerprint density at radius 3 is 2.65 bits per heavy atom. The molecule has 1 saturated heterocycles. The second kappa shape index (κ2) is 7.68. The largest absolute Gasteiger partial charge is 0.494 e. The second-order valence-corrected chi connectivity index (χ2v) is 6.99. The van der Waals surface area contributed by atoms with Gasteiger partial charge in [-0.3, -0.25) is 0 Å². The standard InChI is InChI=1S/C18H27NO4/c1-18(2,3)23-17(21)19-11-9-16(20)14(13-19)10-12-22-15-7-5-4-6-8-15/h4-8,14,16,20H,9-13H2,1-3H3. The molecule has 1 aromatic rings. The molecule has 0 aliphatic carbocycles. The summed E-state index contributed by atoms with van der Waals surface area (Å²) in [4.78, 5) is 13.8. The smallest absolute Gasteiger partial charge is 0.410 e. The van der Waals surface area contributed by atoms with Crippen LogP contribution in [0.5, 0.6) is 5.75 Å². The molecular formula is C18H27NO4. The molecular weight excluding hydrogens is 294 g/mol. The third-order valence-electron chi connectivity index (χ3n) is 3.85. The van der Waals surface area contributed by atoms with Crippen molar-refractivity contribution in [1.29, 1.82) is 0 Å². The average molecular weight is 321 g/mol. The van der Waals surface area contributed by atoms with Crippen molar-refractivity contribution in [3.05, 3.63) is 30.3 Å². The van der Waals surface area contributed by atoms with Crippen LogP contribution in [0.4, 0.5) is 4.79 Å². The highest BCUT2D eigenvalue weighted by atomic mass is 16.6. The highest BCUT2D eigenvalue weighted by molar-refractivity contribution is 5.68. The number of aliphatic hydroxyl groups excluding tert-OH is 1. The van der Waals surface area contributed by atoms with E-state index in [9.17, 15) is 9.90 Å². The summed E-state index contributed by atoms with van der Waals surface area (Å²) >= 11 is 0. The van der Waals surface area contributed by atoms with Gasteiger partial charge in [0.2, 0.25) is 0 Å². The van der Waals surface area contributed by atoms with Crippen LogP contribution in [-0.4, -0.2) is 47.5 Å². The number of likely N-dealkylation sites (tertiary alicyclic amines) is 1. The van der Waals surface area contributed by atoms with E-state index < -0.39 is 11.7 Å². The molecule has 2 atom stereocenters. The van der Waals surface area contributed by atoms with Crippen molar-refractivity contribution in [3.8, 4) is 5.75 Å². The molecule has 1 amide bonds. The highest BCUT2D eigenvalue weighted by Crippen LogP contribution is 2.23. The van der Waals surface area contributed by atoms with E-state index in [4.69, 9.17) is 9.47 Å². The molecule has 0 aromatic heterocycles. The lowest BCUT2D eigenvalue weighted by molar-refractivity contribution is -0.0123. The van der Waals surface area contributed by atoms with E-state index in [2.05, 4.69) is 0 Å². The van der Waals surface area contributed by atoms with E-state index in [1.54, 1.807) is 4.90 Å². The Kier molecular flexibility index (Phi) is 5.88. The fraction of sp³-hybridized carbons (Fsp3) is 0.611. The van der Waals surface area contributed by atoms with E-state index in [0.29, 0.717) is 32.5 Å². The van der Waals surface area contributed by atoms with Crippen molar-refractivity contribution in [2.45, 2.75) is 45.3 Å². The molecule has 5 heteroatoms. The van der Waals surface area contributed by atoms with Crippen LogP contribution in [0.15, 0.2) is 30.3 Å². The van der Waals surface area contributed by atoms with Crippen molar-refractivity contribution < 1.29 is 19.4 Å². The summed E-state index contributed by atoms with van der Waals surface area (Å²) in [5.41, 5.74) is -0.501. The molecule has 0 saturated carbocycles. The van der Waals surface area contributed by atoms with Gasteiger partial charge in [0.05, 0.1) is 12.7 Å². The zero-order valence-electron chi connectivity index (χ0n) is 14.2. The topological polar surface area (TPSA) is 59.0 Å². The predicted octanol–water partition coefficient (Wildman–Crippen LogP) is 3.07. The van der Waals surface area contributed by atoms with Crippen molar-refractivity contribution in [2.24, 2.45) is 5.92 Å². The minimum atomic E-state index is -0.501. The Labute approximate surface area is 138 Å². The van der Waals surface area contributed by atoms with Crippen LogP contribution in [0, 0.1) is 5.92 Å². The minimum Gasteiger partial charge on any atom is -0.494 e. The summed E-state index contributed by atoms with van der Waals surface area (Å²) in [7, 11) is 0. The first-order valence-corrected chi connectivity index (χ1v) is 8.19. The van der Waals surface area contributed by atoms with Gasteiger partial charge in [-0.05, 0) is 45.7 Å². The third kappa shape index (κ3) is 5.75. The lowest BCUT2D eigenvalue weighted by Crippen LogP contribution is -2.48. The molecule has 2 unspecified atom stereocenters. The van der Waals surface area contributed by atoms with Gasteiger partial charge < -0.3 is 19.5 Å². The zero-order chi connectivity index (χ0) is 16.9.